The van der Waals surface area contributed by atoms with Crippen LogP contribution in [0.3, 0.4) is 0 Å². The number of carbonyl (C=O) groups excluding carboxylic acids is 1. The molecule has 0 aliphatic heterocycles. The van der Waals surface area contributed by atoms with Crippen molar-refractivity contribution in [3.05, 3.63) is 0 Å². The van der Waals surface area contributed by atoms with E-state index in [2.05, 4.69) is 25.5 Å². The predicted molar refractivity (Wildman–Crippen MR) is 93.6 cm³/mol. The van der Waals surface area contributed by atoms with Crippen LogP contribution in [0.15, 0.2) is 0 Å². The largest absolute Gasteiger partial charge is 0.468 e. The molecule has 128 valence electrons. The van der Waals surface area contributed by atoms with Crippen LogP contribution in [-0.2, 0) is 9.53 Å². The molecule has 0 unspecified atom stereocenters. The Morgan fingerprint density at radius 3 is 1.57 bits per heavy atom. The first-order chi connectivity index (χ1) is 10.3. The minimum Gasteiger partial charge on any atom is -0.468 e. The molecule has 0 heterocycles. The summed E-state index contributed by atoms with van der Waals surface area (Å²) < 4.78 is 4.15. The summed E-state index contributed by atoms with van der Waals surface area (Å²) in [5.41, 5.74) is 0. The summed E-state index contributed by atoms with van der Waals surface area (Å²) in [6.45, 7) is 9.62. The molecule has 21 heavy (non-hydrogen) atoms. The van der Waals surface area contributed by atoms with Crippen molar-refractivity contribution in [3.63, 3.8) is 0 Å². The Morgan fingerprint density at radius 1 is 0.762 bits per heavy atom. The Hall–Kier alpha value is -0.530. The van der Waals surface area contributed by atoms with Crippen molar-refractivity contribution in [3.8, 4) is 0 Å². The van der Waals surface area contributed by atoms with Crippen LogP contribution in [0.4, 0.5) is 0 Å². The normalized spacial score (nSPS) is 10.1. The lowest BCUT2D eigenvalue weighted by Crippen LogP contribution is -1.96. The summed E-state index contributed by atoms with van der Waals surface area (Å²) in [7, 11) is 0. The molecular formula is C19H40O2. The molecule has 0 aliphatic carbocycles. The summed E-state index contributed by atoms with van der Waals surface area (Å²) in [4.78, 5) is 9.18. The van der Waals surface area contributed by atoms with E-state index < -0.39 is 0 Å². The number of unbranched alkanes of at least 4 members (excludes halogenated alkanes) is 8. The van der Waals surface area contributed by atoms with Crippen LogP contribution in [0.5, 0.6) is 0 Å². The third-order valence-electron chi connectivity index (χ3n) is 4.11. The van der Waals surface area contributed by atoms with Gasteiger partial charge in [0, 0.05) is 0 Å². The Balaban J connectivity index is 0. The lowest BCUT2D eigenvalue weighted by Gasteiger charge is -2.11. The van der Waals surface area contributed by atoms with Crippen LogP contribution in [0, 0.1) is 5.92 Å². The summed E-state index contributed by atoms with van der Waals surface area (Å²) in [5, 5.41) is 0. The van der Waals surface area contributed by atoms with E-state index in [1.807, 2.05) is 0 Å². The van der Waals surface area contributed by atoms with E-state index in [9.17, 15) is 4.79 Å². The van der Waals surface area contributed by atoms with Crippen molar-refractivity contribution in [1.82, 2.24) is 0 Å². The molecule has 0 N–H and O–H groups in total. The lowest BCUT2D eigenvalue weighted by molar-refractivity contribution is -0.128. The van der Waals surface area contributed by atoms with Gasteiger partial charge in [0.05, 0.1) is 6.61 Å². The number of ether oxygens (including phenoxy) is 1. The van der Waals surface area contributed by atoms with Gasteiger partial charge in [-0.2, -0.15) is 0 Å². The maximum Gasteiger partial charge on any atom is 0.293 e. The molecule has 0 aromatic carbocycles. The van der Waals surface area contributed by atoms with Gasteiger partial charge in [0.1, 0.15) is 0 Å². The Morgan fingerprint density at radius 2 is 1.24 bits per heavy atom. The Kier molecular flexibility index (Phi) is 23.6. The molecule has 0 aromatic rings. The van der Waals surface area contributed by atoms with Gasteiger partial charge in [0.25, 0.3) is 6.47 Å². The van der Waals surface area contributed by atoms with Crippen LogP contribution >= 0.6 is 0 Å². The van der Waals surface area contributed by atoms with E-state index in [4.69, 9.17) is 0 Å². The minimum atomic E-state index is 0.431. The molecule has 0 rings (SSSR count). The molecule has 2 nitrogen and oxygen atoms in total. The fraction of sp³-hybridized carbons (Fsp3) is 0.947. The minimum absolute atomic E-state index is 0.431. The summed E-state index contributed by atoms with van der Waals surface area (Å²) in [6.07, 6.45) is 17.4. The molecule has 0 fully saturated rings. The molecule has 2 heteroatoms. The third kappa shape index (κ3) is 21.9. The zero-order valence-corrected chi connectivity index (χ0v) is 15.2. The first-order valence-electron chi connectivity index (χ1n) is 9.31. The lowest BCUT2D eigenvalue weighted by atomic mass is 9.95. The number of carbonyl (C=O) groups is 1. The monoisotopic (exact) mass is 300 g/mol. The molecule has 0 aliphatic rings. The maximum absolute atomic E-state index is 9.18. The van der Waals surface area contributed by atoms with Gasteiger partial charge in [0.15, 0.2) is 0 Å². The Bertz CT molecular complexity index is 176. The highest BCUT2D eigenvalue weighted by atomic mass is 16.5. The summed E-state index contributed by atoms with van der Waals surface area (Å²) in [5.74, 6) is 1.00. The van der Waals surface area contributed by atoms with E-state index >= 15 is 0 Å². The summed E-state index contributed by atoms with van der Waals surface area (Å²) >= 11 is 0. The van der Waals surface area contributed by atoms with Gasteiger partial charge in [0.2, 0.25) is 0 Å². The van der Waals surface area contributed by atoms with Crippen molar-refractivity contribution in [2.24, 2.45) is 5.92 Å². The van der Waals surface area contributed by atoms with Crippen molar-refractivity contribution in [2.45, 2.75) is 105 Å². The zero-order valence-electron chi connectivity index (χ0n) is 15.2. The van der Waals surface area contributed by atoms with Crippen LogP contribution in [-0.4, -0.2) is 13.1 Å². The fourth-order valence-corrected chi connectivity index (χ4v) is 2.51. The number of hydrogen-bond donors (Lipinski definition) is 0. The van der Waals surface area contributed by atoms with Crippen LogP contribution in [0.1, 0.15) is 105 Å². The second kappa shape index (κ2) is 21.8. The SMILES string of the molecule is CCCCCCCCCCCC(CC)CC.CCOC=O. The molecule has 0 atom stereocenters. The standard InChI is InChI=1S/C16H34.C3H6O2/c1-4-7-8-9-10-11-12-13-14-15-16(5-2)6-3;1-2-5-3-4/h16H,4-15H2,1-3H3;3H,2H2,1H3. The zero-order chi connectivity index (χ0) is 16.2. The highest BCUT2D eigenvalue weighted by molar-refractivity contribution is 5.36. The van der Waals surface area contributed by atoms with Gasteiger partial charge in [-0.1, -0.05) is 97.8 Å². The van der Waals surface area contributed by atoms with Crippen molar-refractivity contribution < 1.29 is 9.53 Å². The molecule has 0 radical (unpaired) electrons. The quantitative estimate of drug-likeness (QED) is 0.269. The van der Waals surface area contributed by atoms with E-state index in [0.29, 0.717) is 13.1 Å². The topological polar surface area (TPSA) is 26.3 Å². The highest BCUT2D eigenvalue weighted by Crippen LogP contribution is 2.17. The second-order valence-electron chi connectivity index (χ2n) is 5.85. The average Bonchev–Trinajstić information content (AvgIpc) is 2.51. The van der Waals surface area contributed by atoms with Gasteiger partial charge in [-0.25, -0.2) is 0 Å². The maximum atomic E-state index is 9.18. The molecule has 0 spiro atoms. The van der Waals surface area contributed by atoms with E-state index in [-0.39, 0.29) is 0 Å². The molecular weight excluding hydrogens is 260 g/mol. The van der Waals surface area contributed by atoms with Crippen LogP contribution in [0.2, 0.25) is 0 Å². The average molecular weight is 301 g/mol. The first kappa shape index (κ1) is 22.7. The van der Waals surface area contributed by atoms with E-state index in [1.165, 1.54) is 77.0 Å². The van der Waals surface area contributed by atoms with Crippen LogP contribution < -0.4 is 0 Å². The highest BCUT2D eigenvalue weighted by Gasteiger charge is 2.02. The van der Waals surface area contributed by atoms with Gasteiger partial charge < -0.3 is 4.74 Å². The van der Waals surface area contributed by atoms with Crippen molar-refractivity contribution in [2.75, 3.05) is 6.61 Å². The fourth-order valence-electron chi connectivity index (χ4n) is 2.51. The molecule has 0 saturated carbocycles. The molecule has 0 saturated heterocycles. The molecule has 0 bridgehead atoms. The smallest absolute Gasteiger partial charge is 0.293 e. The predicted octanol–water partition coefficient (Wildman–Crippen LogP) is 6.52. The summed E-state index contributed by atoms with van der Waals surface area (Å²) in [6, 6.07) is 0. The van der Waals surface area contributed by atoms with Gasteiger partial charge in [-0.05, 0) is 12.8 Å². The molecule has 0 aromatic heterocycles. The molecule has 0 amide bonds. The van der Waals surface area contributed by atoms with Gasteiger partial charge >= 0.3 is 0 Å². The first-order valence-corrected chi connectivity index (χ1v) is 9.31. The Labute approximate surface area is 134 Å². The van der Waals surface area contributed by atoms with Crippen molar-refractivity contribution >= 4 is 6.47 Å². The van der Waals surface area contributed by atoms with E-state index in [1.54, 1.807) is 6.92 Å². The van der Waals surface area contributed by atoms with Crippen LogP contribution in [0.25, 0.3) is 0 Å². The van der Waals surface area contributed by atoms with Crippen molar-refractivity contribution in [1.29, 1.82) is 0 Å². The third-order valence-corrected chi connectivity index (χ3v) is 4.11. The second-order valence-corrected chi connectivity index (χ2v) is 5.85. The van der Waals surface area contributed by atoms with E-state index in [0.717, 1.165) is 5.92 Å². The van der Waals surface area contributed by atoms with Gasteiger partial charge in [-0.15, -0.1) is 0 Å². The number of rotatable bonds is 14. The number of hydrogen-bond acceptors (Lipinski definition) is 2. The van der Waals surface area contributed by atoms with Gasteiger partial charge in [-0.3, -0.25) is 4.79 Å².